The highest BCUT2D eigenvalue weighted by Gasteiger charge is 2.22. The maximum Gasteiger partial charge on any atom is 0.165 e. The molecule has 270 valence electrons. The summed E-state index contributed by atoms with van der Waals surface area (Å²) in [4.78, 5) is 27.3. The minimum atomic E-state index is 0.647. The van der Waals surface area contributed by atoms with Crippen molar-refractivity contribution in [1.82, 2.24) is 24.9 Å². The summed E-state index contributed by atoms with van der Waals surface area (Å²) in [7, 11) is 0. The summed E-state index contributed by atoms with van der Waals surface area (Å²) in [5.74, 6) is 3.49. The fraction of sp³-hybridized carbons (Fsp3) is 0.0408. The van der Waals surface area contributed by atoms with E-state index in [1.54, 1.807) is 22.7 Å². The van der Waals surface area contributed by atoms with Crippen molar-refractivity contribution in [3.63, 3.8) is 0 Å². The number of hydrogen-bond donors (Lipinski definition) is 0. The molecular formula is C49H31N5S3. The van der Waals surface area contributed by atoms with Gasteiger partial charge < -0.3 is 0 Å². The Labute approximate surface area is 341 Å². The molecule has 0 aliphatic carbocycles. The van der Waals surface area contributed by atoms with Crippen LogP contribution >= 0.6 is 34.4 Å². The molecule has 1 aliphatic rings. The average Bonchev–Trinajstić information content (AvgIpc) is 3.87. The SMILES string of the molecule is C1=C\CSc2c(cccc2-c2nc(-c3ccccc3)nc(-c3ccc4c(c3)sc3ccccc34)n2)C\C(c2nc(-c3ccccc3)c3sc4ccccc4c3n2)=C/1. The maximum absolute atomic E-state index is 5.33. The molecule has 0 radical (unpaired) electrons. The van der Waals surface area contributed by atoms with Crippen LogP contribution in [-0.4, -0.2) is 30.7 Å². The van der Waals surface area contributed by atoms with Crippen LogP contribution in [0.2, 0.25) is 0 Å². The quantitative estimate of drug-likeness (QED) is 0.173. The molecule has 6 aromatic carbocycles. The van der Waals surface area contributed by atoms with Crippen LogP contribution in [0.25, 0.3) is 91.5 Å². The lowest BCUT2D eigenvalue weighted by Gasteiger charge is -2.16. The number of nitrogens with zero attached hydrogens (tertiary/aromatic N) is 5. The van der Waals surface area contributed by atoms with Gasteiger partial charge in [0.25, 0.3) is 0 Å². The molecule has 8 heteroatoms. The Bertz CT molecular complexity index is 3220. The third-order valence-corrected chi connectivity index (χ3v) is 13.8. The Morgan fingerprint density at radius 3 is 1.98 bits per heavy atom. The van der Waals surface area contributed by atoms with Gasteiger partial charge in [-0.05, 0) is 23.8 Å². The third-order valence-electron chi connectivity index (χ3n) is 10.3. The van der Waals surface area contributed by atoms with E-state index in [9.17, 15) is 0 Å². The van der Waals surface area contributed by atoms with Gasteiger partial charge in [-0.2, -0.15) is 0 Å². The molecule has 1 aliphatic heterocycles. The van der Waals surface area contributed by atoms with Gasteiger partial charge in [-0.25, -0.2) is 24.9 Å². The number of benzene rings is 6. The summed E-state index contributed by atoms with van der Waals surface area (Å²) in [6, 6.07) is 50.8. The molecule has 0 fully saturated rings. The van der Waals surface area contributed by atoms with Gasteiger partial charge in [0, 0.05) is 75.2 Å². The predicted molar refractivity (Wildman–Crippen MR) is 241 cm³/mol. The zero-order valence-corrected chi connectivity index (χ0v) is 32.9. The molecule has 57 heavy (non-hydrogen) atoms. The fourth-order valence-corrected chi connectivity index (χ4v) is 10.9. The molecule has 5 heterocycles. The summed E-state index contributed by atoms with van der Waals surface area (Å²) >= 11 is 5.37. The molecule has 0 amide bonds. The summed E-state index contributed by atoms with van der Waals surface area (Å²) < 4.78 is 4.80. The van der Waals surface area contributed by atoms with E-state index in [0.717, 1.165) is 65.6 Å². The summed E-state index contributed by atoms with van der Waals surface area (Å²) in [5, 5.41) is 3.67. The van der Waals surface area contributed by atoms with Crippen LogP contribution in [0, 0.1) is 0 Å². The molecule has 0 bridgehead atoms. The van der Waals surface area contributed by atoms with Crippen molar-refractivity contribution in [2.75, 3.05) is 5.75 Å². The van der Waals surface area contributed by atoms with Gasteiger partial charge in [0.2, 0.25) is 0 Å². The minimum Gasteiger partial charge on any atom is -0.227 e. The highest BCUT2D eigenvalue weighted by molar-refractivity contribution is 7.99. The second-order valence-corrected chi connectivity index (χ2v) is 17.1. The van der Waals surface area contributed by atoms with Crippen molar-refractivity contribution < 1.29 is 0 Å². The van der Waals surface area contributed by atoms with Crippen molar-refractivity contribution >= 4 is 80.5 Å². The van der Waals surface area contributed by atoms with Crippen LogP contribution in [0.5, 0.6) is 0 Å². The Morgan fingerprint density at radius 2 is 1.16 bits per heavy atom. The van der Waals surface area contributed by atoms with Gasteiger partial charge in [-0.1, -0.05) is 146 Å². The second-order valence-electron chi connectivity index (χ2n) is 13.9. The van der Waals surface area contributed by atoms with Crippen molar-refractivity contribution in [3.8, 4) is 45.4 Å². The first kappa shape index (κ1) is 34.0. The van der Waals surface area contributed by atoms with Crippen LogP contribution in [0.4, 0.5) is 0 Å². The van der Waals surface area contributed by atoms with Gasteiger partial charge >= 0.3 is 0 Å². The molecule has 4 aromatic heterocycles. The molecule has 10 aromatic rings. The van der Waals surface area contributed by atoms with Gasteiger partial charge in [-0.3, -0.25) is 0 Å². The largest absolute Gasteiger partial charge is 0.227 e. The Morgan fingerprint density at radius 1 is 0.474 bits per heavy atom. The van der Waals surface area contributed by atoms with E-state index in [-0.39, 0.29) is 0 Å². The van der Waals surface area contributed by atoms with E-state index in [1.165, 1.54) is 30.4 Å². The van der Waals surface area contributed by atoms with E-state index < -0.39 is 0 Å². The topological polar surface area (TPSA) is 64.5 Å². The number of rotatable bonds is 5. The van der Waals surface area contributed by atoms with Crippen molar-refractivity contribution in [2.45, 2.75) is 11.3 Å². The number of fused-ring (bicyclic) bond motifs is 7. The molecule has 0 unspecified atom stereocenters. The van der Waals surface area contributed by atoms with Gasteiger partial charge in [0.15, 0.2) is 23.3 Å². The third kappa shape index (κ3) is 6.23. The molecule has 5 nitrogen and oxygen atoms in total. The first-order valence-corrected chi connectivity index (χ1v) is 21.4. The van der Waals surface area contributed by atoms with E-state index >= 15 is 0 Å². The van der Waals surface area contributed by atoms with E-state index in [2.05, 4.69) is 140 Å². The van der Waals surface area contributed by atoms with Crippen LogP contribution in [0.1, 0.15) is 11.4 Å². The Hall–Kier alpha value is -6.32. The summed E-state index contributed by atoms with van der Waals surface area (Å²) in [5.41, 5.74) is 8.18. The zero-order valence-electron chi connectivity index (χ0n) is 30.5. The Kier molecular flexibility index (Phi) is 8.53. The standard InChI is InChI=1S/C49H31N5S3/c1-3-14-30(15-4-1)42-45-43(37-21-8-10-24-40(37)57-45)51-47(50-42)33-18-11-12-27-55-44-32(28-33)19-13-22-38(44)49-53-46(31-16-5-2-6-17-31)52-48(54-49)34-25-26-36-35-20-7-9-23-39(35)56-41(36)29-34/h1-26,29H,27-28H2/b12-11-,33-18+. The minimum absolute atomic E-state index is 0.647. The second kappa shape index (κ2) is 14.3. The molecule has 0 saturated heterocycles. The molecule has 0 N–H and O–H groups in total. The van der Waals surface area contributed by atoms with Gasteiger partial charge in [-0.15, -0.1) is 34.4 Å². The molecule has 0 spiro atoms. The van der Waals surface area contributed by atoms with E-state index in [0.29, 0.717) is 23.9 Å². The van der Waals surface area contributed by atoms with Crippen molar-refractivity contribution in [3.05, 3.63) is 175 Å². The van der Waals surface area contributed by atoms with Crippen LogP contribution in [0.3, 0.4) is 0 Å². The number of thiophene rings is 2. The van der Waals surface area contributed by atoms with Crippen LogP contribution in [0.15, 0.2) is 169 Å². The zero-order chi connectivity index (χ0) is 37.7. The molecule has 11 rings (SSSR count). The maximum atomic E-state index is 5.33. The van der Waals surface area contributed by atoms with Crippen LogP contribution < -0.4 is 0 Å². The van der Waals surface area contributed by atoms with Crippen LogP contribution in [-0.2, 0) is 6.42 Å². The first-order valence-electron chi connectivity index (χ1n) is 18.8. The number of thioether (sulfide) groups is 1. The highest BCUT2D eigenvalue weighted by atomic mass is 32.2. The summed E-state index contributed by atoms with van der Waals surface area (Å²) in [6.07, 6.45) is 7.19. The Balaban J connectivity index is 1.05. The smallest absolute Gasteiger partial charge is 0.165 e. The lowest BCUT2D eigenvalue weighted by atomic mass is 10.0. The predicted octanol–water partition coefficient (Wildman–Crippen LogP) is 13.4. The molecular weight excluding hydrogens is 755 g/mol. The van der Waals surface area contributed by atoms with Crippen molar-refractivity contribution in [2.24, 2.45) is 0 Å². The molecule has 0 saturated carbocycles. The van der Waals surface area contributed by atoms with Crippen molar-refractivity contribution in [1.29, 1.82) is 0 Å². The normalized spacial score (nSPS) is 14.6. The number of allylic oxidation sites excluding steroid dienone is 3. The summed E-state index contributed by atoms with van der Waals surface area (Å²) in [6.45, 7) is 0. The van der Waals surface area contributed by atoms with Gasteiger partial charge in [0.1, 0.15) is 0 Å². The highest BCUT2D eigenvalue weighted by Crippen LogP contribution is 2.41. The van der Waals surface area contributed by atoms with Gasteiger partial charge in [0.05, 0.1) is 15.9 Å². The van der Waals surface area contributed by atoms with E-state index in [1.807, 2.05) is 36.0 Å². The first-order chi connectivity index (χ1) is 28.2. The lowest BCUT2D eigenvalue weighted by molar-refractivity contribution is 1.06. The number of hydrogen-bond acceptors (Lipinski definition) is 8. The average molecular weight is 786 g/mol. The fourth-order valence-electron chi connectivity index (χ4n) is 7.59. The lowest BCUT2D eigenvalue weighted by Crippen LogP contribution is -2.03. The number of aromatic nitrogens is 5. The molecule has 0 atom stereocenters. The van der Waals surface area contributed by atoms with E-state index in [4.69, 9.17) is 24.9 Å². The monoisotopic (exact) mass is 785 g/mol.